The van der Waals surface area contributed by atoms with Gasteiger partial charge in [-0.15, -0.1) is 0 Å². The third kappa shape index (κ3) is 1.44. The second kappa shape index (κ2) is 2.85. The molecule has 0 bridgehead atoms. The predicted molar refractivity (Wildman–Crippen MR) is 35.7 cm³/mol. The van der Waals surface area contributed by atoms with E-state index in [4.69, 9.17) is 0 Å². The van der Waals surface area contributed by atoms with E-state index in [1.165, 1.54) is 6.42 Å². The number of amides is 1. The minimum absolute atomic E-state index is 0.191. The van der Waals surface area contributed by atoms with Crippen molar-refractivity contribution >= 4 is 5.91 Å². The number of rotatable bonds is 2. The molecule has 9 heavy (non-hydrogen) atoms. The molecule has 1 aliphatic rings. The first-order valence-corrected chi connectivity index (χ1v) is 3.41. The van der Waals surface area contributed by atoms with Gasteiger partial charge in [0.05, 0.1) is 0 Å². The van der Waals surface area contributed by atoms with Crippen LogP contribution in [0.15, 0.2) is 0 Å². The van der Waals surface area contributed by atoms with Crippen LogP contribution >= 0.6 is 0 Å². The SMILES string of the molecule is [CH2]CNC(=O)C1CCC1. The highest BCUT2D eigenvalue weighted by Gasteiger charge is 2.23. The maximum Gasteiger partial charge on any atom is 0.223 e. The fourth-order valence-corrected chi connectivity index (χ4v) is 0.938. The van der Waals surface area contributed by atoms with E-state index < -0.39 is 0 Å². The van der Waals surface area contributed by atoms with E-state index in [9.17, 15) is 4.79 Å². The lowest BCUT2D eigenvalue weighted by molar-refractivity contribution is -0.127. The van der Waals surface area contributed by atoms with E-state index in [0.29, 0.717) is 12.5 Å². The molecule has 0 saturated heterocycles. The summed E-state index contributed by atoms with van der Waals surface area (Å²) in [6.07, 6.45) is 3.37. The minimum Gasteiger partial charge on any atom is -0.356 e. The Balaban J connectivity index is 2.16. The zero-order valence-electron chi connectivity index (χ0n) is 5.52. The molecule has 0 atom stereocenters. The predicted octanol–water partition coefficient (Wildman–Crippen LogP) is 0.737. The molecule has 1 fully saturated rings. The fourth-order valence-electron chi connectivity index (χ4n) is 0.938. The van der Waals surface area contributed by atoms with Crippen LogP contribution in [0, 0.1) is 12.8 Å². The van der Waals surface area contributed by atoms with Crippen molar-refractivity contribution in [1.82, 2.24) is 5.32 Å². The molecular weight excluding hydrogens is 114 g/mol. The molecule has 1 aliphatic carbocycles. The Kier molecular flexibility index (Phi) is 2.09. The molecule has 0 aromatic rings. The summed E-state index contributed by atoms with van der Waals surface area (Å²) < 4.78 is 0. The first kappa shape index (κ1) is 6.59. The van der Waals surface area contributed by atoms with Crippen molar-refractivity contribution in [3.8, 4) is 0 Å². The molecule has 1 saturated carbocycles. The molecule has 1 N–H and O–H groups in total. The quantitative estimate of drug-likeness (QED) is 0.580. The summed E-state index contributed by atoms with van der Waals surface area (Å²) in [5, 5.41) is 2.70. The Morgan fingerprint density at radius 1 is 1.67 bits per heavy atom. The van der Waals surface area contributed by atoms with Crippen molar-refractivity contribution in [3.05, 3.63) is 6.92 Å². The van der Waals surface area contributed by atoms with Crippen LogP contribution < -0.4 is 5.32 Å². The molecule has 0 spiro atoms. The largest absolute Gasteiger partial charge is 0.356 e. The normalized spacial score (nSPS) is 18.8. The molecule has 0 aromatic carbocycles. The minimum atomic E-state index is 0.191. The average Bonchev–Trinajstić information content (AvgIpc) is 1.60. The Labute approximate surface area is 55.6 Å². The van der Waals surface area contributed by atoms with Crippen molar-refractivity contribution in [1.29, 1.82) is 0 Å². The van der Waals surface area contributed by atoms with E-state index in [0.717, 1.165) is 12.8 Å². The average molecular weight is 126 g/mol. The Morgan fingerprint density at radius 2 is 2.33 bits per heavy atom. The molecule has 2 heteroatoms. The highest BCUT2D eigenvalue weighted by molar-refractivity contribution is 5.79. The topological polar surface area (TPSA) is 29.1 Å². The lowest BCUT2D eigenvalue weighted by atomic mass is 9.85. The fraction of sp³-hybridized carbons (Fsp3) is 0.714. The van der Waals surface area contributed by atoms with E-state index in [1.807, 2.05) is 0 Å². The molecule has 2 nitrogen and oxygen atoms in total. The van der Waals surface area contributed by atoms with Gasteiger partial charge in [-0.2, -0.15) is 0 Å². The summed E-state index contributed by atoms with van der Waals surface area (Å²) in [4.78, 5) is 10.9. The van der Waals surface area contributed by atoms with Gasteiger partial charge in [0.2, 0.25) is 5.91 Å². The Morgan fingerprint density at radius 3 is 2.67 bits per heavy atom. The van der Waals surface area contributed by atoms with Crippen LogP contribution in [0.2, 0.25) is 0 Å². The van der Waals surface area contributed by atoms with Gasteiger partial charge in [-0.3, -0.25) is 4.79 Å². The van der Waals surface area contributed by atoms with Crippen molar-refractivity contribution in [3.63, 3.8) is 0 Å². The standard InChI is InChI=1S/C7H12NO/c1-2-8-7(9)6-4-3-5-6/h6H,1-5H2,(H,8,9). The van der Waals surface area contributed by atoms with Crippen LogP contribution in [0.25, 0.3) is 0 Å². The number of carbonyl (C=O) groups is 1. The van der Waals surface area contributed by atoms with Gasteiger partial charge in [0, 0.05) is 12.5 Å². The van der Waals surface area contributed by atoms with Crippen molar-refractivity contribution in [2.75, 3.05) is 6.54 Å². The van der Waals surface area contributed by atoms with Crippen molar-refractivity contribution < 1.29 is 4.79 Å². The van der Waals surface area contributed by atoms with Gasteiger partial charge >= 0.3 is 0 Å². The first-order valence-electron chi connectivity index (χ1n) is 3.41. The second-order valence-electron chi connectivity index (χ2n) is 2.42. The van der Waals surface area contributed by atoms with Crippen LogP contribution in [0.1, 0.15) is 19.3 Å². The number of hydrogen-bond donors (Lipinski definition) is 1. The molecule has 51 valence electrons. The van der Waals surface area contributed by atoms with Crippen molar-refractivity contribution in [2.45, 2.75) is 19.3 Å². The summed E-state index contributed by atoms with van der Waals surface area (Å²) in [5.74, 6) is 0.503. The van der Waals surface area contributed by atoms with Gasteiger partial charge in [0.1, 0.15) is 0 Å². The van der Waals surface area contributed by atoms with E-state index in [1.54, 1.807) is 0 Å². The van der Waals surface area contributed by atoms with Gasteiger partial charge in [-0.25, -0.2) is 0 Å². The smallest absolute Gasteiger partial charge is 0.223 e. The first-order chi connectivity index (χ1) is 4.34. The number of nitrogens with one attached hydrogen (secondary N) is 1. The molecule has 0 aliphatic heterocycles. The molecule has 1 radical (unpaired) electrons. The zero-order valence-corrected chi connectivity index (χ0v) is 5.52. The van der Waals surface area contributed by atoms with E-state index in [-0.39, 0.29) is 5.91 Å². The van der Waals surface area contributed by atoms with Crippen LogP contribution in [-0.2, 0) is 4.79 Å². The van der Waals surface area contributed by atoms with Crippen LogP contribution in [0.3, 0.4) is 0 Å². The van der Waals surface area contributed by atoms with Crippen LogP contribution in [0.4, 0.5) is 0 Å². The van der Waals surface area contributed by atoms with Gasteiger partial charge in [0.25, 0.3) is 0 Å². The van der Waals surface area contributed by atoms with Crippen molar-refractivity contribution in [2.24, 2.45) is 5.92 Å². The highest BCUT2D eigenvalue weighted by atomic mass is 16.1. The summed E-state index contributed by atoms with van der Waals surface area (Å²) in [7, 11) is 0. The second-order valence-corrected chi connectivity index (χ2v) is 2.42. The maximum absolute atomic E-state index is 10.9. The lowest BCUT2D eigenvalue weighted by Gasteiger charge is -2.23. The van der Waals surface area contributed by atoms with E-state index in [2.05, 4.69) is 12.2 Å². The maximum atomic E-state index is 10.9. The summed E-state index contributed by atoms with van der Waals surface area (Å²) in [6.45, 7) is 4.06. The molecule has 1 amide bonds. The molecule has 0 aromatic heterocycles. The summed E-state index contributed by atoms with van der Waals surface area (Å²) in [5.41, 5.74) is 0. The monoisotopic (exact) mass is 126 g/mol. The Hall–Kier alpha value is -0.530. The number of hydrogen-bond acceptors (Lipinski definition) is 1. The third-order valence-corrected chi connectivity index (χ3v) is 1.78. The highest BCUT2D eigenvalue weighted by Crippen LogP contribution is 2.25. The van der Waals surface area contributed by atoms with Crippen LogP contribution in [0.5, 0.6) is 0 Å². The Bertz CT molecular complexity index is 107. The van der Waals surface area contributed by atoms with E-state index >= 15 is 0 Å². The molecular formula is C7H12NO. The third-order valence-electron chi connectivity index (χ3n) is 1.78. The molecule has 0 heterocycles. The van der Waals surface area contributed by atoms with Gasteiger partial charge in [0.15, 0.2) is 0 Å². The lowest BCUT2D eigenvalue weighted by Crippen LogP contribution is -2.34. The molecule has 0 unspecified atom stereocenters. The number of carbonyl (C=O) groups excluding carboxylic acids is 1. The summed E-state index contributed by atoms with van der Waals surface area (Å²) in [6, 6.07) is 0. The zero-order chi connectivity index (χ0) is 6.69. The van der Waals surface area contributed by atoms with Gasteiger partial charge in [-0.1, -0.05) is 6.42 Å². The summed E-state index contributed by atoms with van der Waals surface area (Å²) >= 11 is 0. The molecule has 1 rings (SSSR count). The van der Waals surface area contributed by atoms with Gasteiger partial charge < -0.3 is 5.32 Å². The van der Waals surface area contributed by atoms with Crippen LogP contribution in [-0.4, -0.2) is 12.5 Å². The van der Waals surface area contributed by atoms with Gasteiger partial charge in [-0.05, 0) is 19.8 Å².